The lowest BCUT2D eigenvalue weighted by Crippen LogP contribution is -2.36. The van der Waals surface area contributed by atoms with Gasteiger partial charge in [-0.25, -0.2) is 4.79 Å². The summed E-state index contributed by atoms with van der Waals surface area (Å²) in [6, 6.07) is 8.19. The van der Waals surface area contributed by atoms with Crippen LogP contribution in [0.15, 0.2) is 52.2 Å². The molecule has 4 rings (SSSR count). The summed E-state index contributed by atoms with van der Waals surface area (Å²) >= 11 is 3.32. The van der Waals surface area contributed by atoms with E-state index in [1.807, 2.05) is 39.0 Å². The van der Waals surface area contributed by atoms with Crippen LogP contribution in [0.2, 0.25) is 0 Å². The van der Waals surface area contributed by atoms with Crippen LogP contribution in [0.5, 0.6) is 0 Å². The van der Waals surface area contributed by atoms with E-state index >= 15 is 0 Å². The number of thiophene rings is 2. The van der Waals surface area contributed by atoms with Crippen molar-refractivity contribution < 1.29 is 19.1 Å². The lowest BCUT2D eigenvalue weighted by atomic mass is 9.74. The van der Waals surface area contributed by atoms with Crippen molar-refractivity contribution in [1.29, 1.82) is 0 Å². The fraction of sp³-hybridized carbons (Fsp3) is 0.417. The average molecular weight is 458 g/mol. The van der Waals surface area contributed by atoms with Gasteiger partial charge in [0.1, 0.15) is 6.61 Å². The molecule has 31 heavy (non-hydrogen) atoms. The van der Waals surface area contributed by atoms with Crippen molar-refractivity contribution in [3.63, 3.8) is 0 Å². The summed E-state index contributed by atoms with van der Waals surface area (Å²) in [6.07, 6.45) is 1.24. The summed E-state index contributed by atoms with van der Waals surface area (Å²) in [5.41, 5.74) is 2.95. The van der Waals surface area contributed by atoms with E-state index in [0.717, 1.165) is 33.1 Å². The molecule has 164 valence electrons. The monoisotopic (exact) mass is 457 g/mol. The molecular formula is C24H27NO4S2. The standard InChI is InChI=1S/C24H27NO4S2/c1-4-28-9-10-29-24(27)21-15(3)25-17-12-16(19-6-5-11-30-19)13-18(26)22(17)23(21)20-8-7-14(2)31-20/h5-8,11,16,23,25H,4,9-10,12-13H2,1-3H3. The first-order valence-corrected chi connectivity index (χ1v) is 12.3. The van der Waals surface area contributed by atoms with Gasteiger partial charge in [0.15, 0.2) is 5.78 Å². The second kappa shape index (κ2) is 9.51. The number of Topliss-reactive ketones (excluding diaryl/α,β-unsaturated/α-hetero) is 1. The first-order chi connectivity index (χ1) is 15.0. The molecule has 0 aromatic carbocycles. The molecule has 0 amide bonds. The van der Waals surface area contributed by atoms with Crippen LogP contribution in [0.1, 0.15) is 53.2 Å². The third-order valence-electron chi connectivity index (χ3n) is 5.70. The first-order valence-electron chi connectivity index (χ1n) is 10.6. The van der Waals surface area contributed by atoms with E-state index in [2.05, 4.69) is 16.8 Å². The molecule has 0 radical (unpaired) electrons. The van der Waals surface area contributed by atoms with Gasteiger partial charge in [-0.3, -0.25) is 4.79 Å². The number of hydrogen-bond acceptors (Lipinski definition) is 7. The summed E-state index contributed by atoms with van der Waals surface area (Å²) in [4.78, 5) is 29.9. The minimum atomic E-state index is -0.388. The normalized spacial score (nSPS) is 21.2. The van der Waals surface area contributed by atoms with Crippen LogP contribution in [0, 0.1) is 6.92 Å². The molecule has 2 unspecified atom stereocenters. The molecule has 0 saturated carbocycles. The Morgan fingerprint density at radius 2 is 2.00 bits per heavy atom. The zero-order chi connectivity index (χ0) is 22.0. The van der Waals surface area contributed by atoms with Gasteiger partial charge in [0.05, 0.1) is 18.1 Å². The predicted molar refractivity (Wildman–Crippen MR) is 123 cm³/mol. The molecule has 1 N–H and O–H groups in total. The van der Waals surface area contributed by atoms with Crippen molar-refractivity contribution in [3.05, 3.63) is 66.8 Å². The molecular weight excluding hydrogens is 430 g/mol. The second-order valence-electron chi connectivity index (χ2n) is 7.81. The largest absolute Gasteiger partial charge is 0.460 e. The van der Waals surface area contributed by atoms with Crippen LogP contribution < -0.4 is 5.32 Å². The number of dihydropyridines is 1. The van der Waals surface area contributed by atoms with Crippen LogP contribution in [0.3, 0.4) is 0 Å². The van der Waals surface area contributed by atoms with Gasteiger partial charge in [0, 0.05) is 50.5 Å². The van der Waals surface area contributed by atoms with E-state index in [1.54, 1.807) is 22.7 Å². The van der Waals surface area contributed by atoms with Crippen LogP contribution in [-0.2, 0) is 19.1 Å². The molecule has 0 bridgehead atoms. The van der Waals surface area contributed by atoms with Gasteiger partial charge in [-0.05, 0) is 50.8 Å². The topological polar surface area (TPSA) is 64.6 Å². The van der Waals surface area contributed by atoms with Gasteiger partial charge >= 0.3 is 5.97 Å². The number of carbonyl (C=O) groups excluding carboxylic acids is 2. The van der Waals surface area contributed by atoms with Crippen molar-refractivity contribution in [2.45, 2.75) is 45.4 Å². The highest BCUT2D eigenvalue weighted by atomic mass is 32.1. The quantitative estimate of drug-likeness (QED) is 0.465. The van der Waals surface area contributed by atoms with Gasteiger partial charge in [0.25, 0.3) is 0 Å². The third-order valence-corrected chi connectivity index (χ3v) is 7.80. The van der Waals surface area contributed by atoms with Gasteiger partial charge in [0.2, 0.25) is 0 Å². The van der Waals surface area contributed by atoms with E-state index in [1.165, 1.54) is 4.88 Å². The maximum Gasteiger partial charge on any atom is 0.336 e. The van der Waals surface area contributed by atoms with Crippen LogP contribution in [0.25, 0.3) is 0 Å². The number of aryl methyl sites for hydroxylation is 1. The summed E-state index contributed by atoms with van der Waals surface area (Å²) in [5.74, 6) is -0.487. The van der Waals surface area contributed by atoms with Crippen molar-refractivity contribution in [1.82, 2.24) is 5.32 Å². The smallest absolute Gasteiger partial charge is 0.336 e. The number of rotatable bonds is 7. The molecule has 7 heteroatoms. The molecule has 0 spiro atoms. The molecule has 5 nitrogen and oxygen atoms in total. The van der Waals surface area contributed by atoms with Crippen molar-refractivity contribution in [2.24, 2.45) is 0 Å². The summed E-state index contributed by atoms with van der Waals surface area (Å²) in [6.45, 7) is 6.97. The Morgan fingerprint density at radius 1 is 1.16 bits per heavy atom. The Labute approximate surface area is 190 Å². The van der Waals surface area contributed by atoms with Gasteiger partial charge in [-0.1, -0.05) is 6.07 Å². The Bertz CT molecular complexity index is 1030. The Hall–Kier alpha value is -2.22. The summed E-state index contributed by atoms with van der Waals surface area (Å²) < 4.78 is 10.8. The summed E-state index contributed by atoms with van der Waals surface area (Å²) in [7, 11) is 0. The molecule has 3 heterocycles. The van der Waals surface area contributed by atoms with Gasteiger partial charge < -0.3 is 14.8 Å². The van der Waals surface area contributed by atoms with Crippen molar-refractivity contribution >= 4 is 34.4 Å². The van der Waals surface area contributed by atoms with Crippen LogP contribution >= 0.6 is 22.7 Å². The van der Waals surface area contributed by atoms with Gasteiger partial charge in [-0.2, -0.15) is 0 Å². The number of allylic oxidation sites excluding steroid dienone is 3. The maximum absolute atomic E-state index is 13.4. The van der Waals surface area contributed by atoms with E-state index in [4.69, 9.17) is 9.47 Å². The predicted octanol–water partition coefficient (Wildman–Crippen LogP) is 5.06. The van der Waals surface area contributed by atoms with E-state index < -0.39 is 0 Å². The first kappa shape index (κ1) is 22.0. The molecule has 1 aliphatic carbocycles. The zero-order valence-electron chi connectivity index (χ0n) is 18.0. The fourth-order valence-corrected chi connectivity index (χ4v) is 6.17. The Balaban J connectivity index is 1.69. The van der Waals surface area contributed by atoms with E-state index in [9.17, 15) is 9.59 Å². The molecule has 0 saturated heterocycles. The molecule has 1 aliphatic heterocycles. The number of ether oxygens (including phenoxy) is 2. The molecule has 2 aromatic heterocycles. The van der Waals surface area contributed by atoms with Crippen LogP contribution in [0.4, 0.5) is 0 Å². The zero-order valence-corrected chi connectivity index (χ0v) is 19.7. The highest BCUT2D eigenvalue weighted by Gasteiger charge is 2.42. The number of carbonyl (C=O) groups is 2. The molecule has 2 atom stereocenters. The minimum absolute atomic E-state index is 0.107. The molecule has 2 aliphatic rings. The lowest BCUT2D eigenvalue weighted by Gasteiger charge is -2.35. The Kier molecular flexibility index (Phi) is 6.74. The van der Waals surface area contributed by atoms with Crippen molar-refractivity contribution in [2.75, 3.05) is 19.8 Å². The van der Waals surface area contributed by atoms with E-state index in [-0.39, 0.29) is 30.2 Å². The second-order valence-corrected chi connectivity index (χ2v) is 10.1. The molecule has 2 aromatic rings. The van der Waals surface area contributed by atoms with E-state index in [0.29, 0.717) is 25.2 Å². The minimum Gasteiger partial charge on any atom is -0.460 e. The maximum atomic E-state index is 13.4. The fourth-order valence-electron chi connectivity index (χ4n) is 4.34. The number of esters is 1. The highest BCUT2D eigenvalue weighted by molar-refractivity contribution is 7.12. The summed E-state index contributed by atoms with van der Waals surface area (Å²) in [5, 5.41) is 5.45. The van der Waals surface area contributed by atoms with Gasteiger partial charge in [-0.15, -0.1) is 22.7 Å². The lowest BCUT2D eigenvalue weighted by molar-refractivity contribution is -0.140. The highest BCUT2D eigenvalue weighted by Crippen LogP contribution is 2.47. The number of ketones is 1. The SMILES string of the molecule is CCOCCOC(=O)C1=C(C)NC2=C(C(=O)CC(c3cccs3)C2)C1c1ccc(C)s1. The van der Waals surface area contributed by atoms with Crippen LogP contribution in [-0.4, -0.2) is 31.6 Å². The number of hydrogen-bond donors (Lipinski definition) is 1. The number of nitrogens with one attached hydrogen (secondary N) is 1. The van der Waals surface area contributed by atoms with Crippen molar-refractivity contribution in [3.8, 4) is 0 Å². The third kappa shape index (κ3) is 4.54. The Morgan fingerprint density at radius 3 is 2.68 bits per heavy atom. The molecule has 0 fully saturated rings. The average Bonchev–Trinajstić information content (AvgIpc) is 3.42.